The van der Waals surface area contributed by atoms with Crippen molar-refractivity contribution in [3.63, 3.8) is 0 Å². The molecule has 1 heterocycles. The zero-order chi connectivity index (χ0) is 11.4. The standard InChI is InChI=1S/C12H18BrN3/c13-10-3-1-4-11(7-10)16-12(8-14)5-2-6-15-9-12/h1,3-4,7,15-16H,2,5-6,8-9,14H2. The van der Waals surface area contributed by atoms with Gasteiger partial charge in [-0.3, -0.25) is 0 Å². The van der Waals surface area contributed by atoms with Crippen LogP contribution in [0.25, 0.3) is 0 Å². The summed E-state index contributed by atoms with van der Waals surface area (Å²) in [7, 11) is 0. The van der Waals surface area contributed by atoms with Gasteiger partial charge in [0, 0.05) is 23.2 Å². The number of nitrogens with two attached hydrogens (primary N) is 1. The molecule has 88 valence electrons. The zero-order valence-corrected chi connectivity index (χ0v) is 10.9. The van der Waals surface area contributed by atoms with Crippen molar-refractivity contribution in [1.82, 2.24) is 5.32 Å². The maximum Gasteiger partial charge on any atom is 0.0620 e. The van der Waals surface area contributed by atoms with E-state index >= 15 is 0 Å². The summed E-state index contributed by atoms with van der Waals surface area (Å²) in [5.41, 5.74) is 7.05. The molecule has 4 N–H and O–H groups in total. The van der Waals surface area contributed by atoms with Crippen LogP contribution in [0.15, 0.2) is 28.7 Å². The highest BCUT2D eigenvalue weighted by molar-refractivity contribution is 9.10. The molecule has 16 heavy (non-hydrogen) atoms. The Morgan fingerprint density at radius 3 is 3.00 bits per heavy atom. The molecule has 1 unspecified atom stereocenters. The van der Waals surface area contributed by atoms with Gasteiger partial charge in [0.25, 0.3) is 0 Å². The Balaban J connectivity index is 2.11. The van der Waals surface area contributed by atoms with Gasteiger partial charge in [-0.05, 0) is 37.6 Å². The number of nitrogens with one attached hydrogen (secondary N) is 2. The number of rotatable bonds is 3. The smallest absolute Gasteiger partial charge is 0.0620 e. The molecule has 0 aromatic heterocycles. The van der Waals surface area contributed by atoms with Crippen molar-refractivity contribution in [2.24, 2.45) is 5.73 Å². The van der Waals surface area contributed by atoms with Gasteiger partial charge in [0.2, 0.25) is 0 Å². The lowest BCUT2D eigenvalue weighted by Crippen LogP contribution is -2.56. The van der Waals surface area contributed by atoms with E-state index in [0.29, 0.717) is 6.54 Å². The van der Waals surface area contributed by atoms with Crippen LogP contribution >= 0.6 is 15.9 Å². The highest BCUT2D eigenvalue weighted by Crippen LogP contribution is 2.23. The van der Waals surface area contributed by atoms with E-state index in [1.807, 2.05) is 12.1 Å². The summed E-state index contributed by atoms with van der Waals surface area (Å²) in [6.07, 6.45) is 2.31. The lowest BCUT2D eigenvalue weighted by atomic mass is 9.90. The average Bonchev–Trinajstić information content (AvgIpc) is 2.30. The van der Waals surface area contributed by atoms with Crippen molar-refractivity contribution >= 4 is 21.6 Å². The van der Waals surface area contributed by atoms with Gasteiger partial charge in [-0.25, -0.2) is 0 Å². The molecule has 0 radical (unpaired) electrons. The van der Waals surface area contributed by atoms with Crippen LogP contribution in [0, 0.1) is 0 Å². The first kappa shape index (κ1) is 11.9. The summed E-state index contributed by atoms with van der Waals surface area (Å²) < 4.78 is 1.09. The van der Waals surface area contributed by atoms with Crippen molar-refractivity contribution in [3.8, 4) is 0 Å². The van der Waals surface area contributed by atoms with Crippen LogP contribution in [0.2, 0.25) is 0 Å². The summed E-state index contributed by atoms with van der Waals surface area (Å²) in [6, 6.07) is 8.23. The molecule has 0 bridgehead atoms. The van der Waals surface area contributed by atoms with E-state index < -0.39 is 0 Å². The summed E-state index contributed by atoms with van der Waals surface area (Å²) in [6.45, 7) is 2.70. The fourth-order valence-electron chi connectivity index (χ4n) is 2.17. The maximum atomic E-state index is 5.91. The number of hydrogen-bond donors (Lipinski definition) is 3. The first-order chi connectivity index (χ1) is 7.74. The molecular formula is C12H18BrN3. The predicted molar refractivity (Wildman–Crippen MR) is 71.7 cm³/mol. The van der Waals surface area contributed by atoms with Gasteiger partial charge in [0.05, 0.1) is 5.54 Å². The minimum atomic E-state index is 0.0129. The van der Waals surface area contributed by atoms with E-state index in [1.165, 1.54) is 6.42 Å². The van der Waals surface area contributed by atoms with Gasteiger partial charge in [0.15, 0.2) is 0 Å². The average molecular weight is 284 g/mol. The highest BCUT2D eigenvalue weighted by Gasteiger charge is 2.30. The Labute approximate surface area is 105 Å². The summed E-state index contributed by atoms with van der Waals surface area (Å²) in [5, 5.41) is 6.97. The van der Waals surface area contributed by atoms with E-state index in [-0.39, 0.29) is 5.54 Å². The largest absolute Gasteiger partial charge is 0.377 e. The molecule has 0 saturated carbocycles. The van der Waals surface area contributed by atoms with Gasteiger partial charge in [-0.2, -0.15) is 0 Å². The minimum Gasteiger partial charge on any atom is -0.377 e. The van der Waals surface area contributed by atoms with Crippen LogP contribution in [0.4, 0.5) is 5.69 Å². The molecule has 0 spiro atoms. The Kier molecular flexibility index (Phi) is 3.84. The molecule has 1 saturated heterocycles. The van der Waals surface area contributed by atoms with Crippen LogP contribution in [-0.2, 0) is 0 Å². The molecule has 1 aromatic rings. The van der Waals surface area contributed by atoms with Gasteiger partial charge < -0.3 is 16.4 Å². The lowest BCUT2D eigenvalue weighted by molar-refractivity contribution is 0.350. The van der Waals surface area contributed by atoms with Crippen LogP contribution in [-0.4, -0.2) is 25.2 Å². The highest BCUT2D eigenvalue weighted by atomic mass is 79.9. The molecule has 1 atom stereocenters. The topological polar surface area (TPSA) is 50.1 Å². The Morgan fingerprint density at radius 2 is 2.38 bits per heavy atom. The minimum absolute atomic E-state index is 0.0129. The van der Waals surface area contributed by atoms with Gasteiger partial charge in [-0.1, -0.05) is 22.0 Å². The van der Waals surface area contributed by atoms with E-state index in [1.54, 1.807) is 0 Å². The summed E-state index contributed by atoms with van der Waals surface area (Å²) in [5.74, 6) is 0. The first-order valence-electron chi connectivity index (χ1n) is 5.69. The molecule has 0 amide bonds. The van der Waals surface area contributed by atoms with Crippen molar-refractivity contribution in [2.45, 2.75) is 18.4 Å². The van der Waals surface area contributed by atoms with E-state index in [0.717, 1.165) is 29.7 Å². The predicted octanol–water partition coefficient (Wildman–Crippen LogP) is 1.94. The maximum absolute atomic E-state index is 5.91. The van der Waals surface area contributed by atoms with Crippen molar-refractivity contribution in [3.05, 3.63) is 28.7 Å². The Hall–Kier alpha value is -0.580. The number of anilines is 1. The SMILES string of the molecule is NCC1(Nc2cccc(Br)c2)CCCNC1. The Morgan fingerprint density at radius 1 is 1.50 bits per heavy atom. The fourth-order valence-corrected chi connectivity index (χ4v) is 2.57. The molecule has 0 aliphatic carbocycles. The first-order valence-corrected chi connectivity index (χ1v) is 6.48. The van der Waals surface area contributed by atoms with Crippen molar-refractivity contribution in [1.29, 1.82) is 0 Å². The lowest BCUT2D eigenvalue weighted by Gasteiger charge is -2.38. The van der Waals surface area contributed by atoms with E-state index in [4.69, 9.17) is 5.73 Å². The van der Waals surface area contributed by atoms with E-state index in [9.17, 15) is 0 Å². The monoisotopic (exact) mass is 283 g/mol. The third-order valence-corrected chi connectivity index (χ3v) is 3.59. The van der Waals surface area contributed by atoms with Crippen LogP contribution in [0.3, 0.4) is 0 Å². The van der Waals surface area contributed by atoms with Gasteiger partial charge in [0.1, 0.15) is 0 Å². The van der Waals surface area contributed by atoms with Crippen LogP contribution in [0.5, 0.6) is 0 Å². The zero-order valence-electron chi connectivity index (χ0n) is 9.30. The molecule has 1 aromatic carbocycles. The third kappa shape index (κ3) is 2.75. The van der Waals surface area contributed by atoms with Crippen LogP contribution in [0.1, 0.15) is 12.8 Å². The second-order valence-corrected chi connectivity index (χ2v) is 5.32. The fraction of sp³-hybridized carbons (Fsp3) is 0.500. The van der Waals surface area contributed by atoms with Crippen molar-refractivity contribution < 1.29 is 0 Å². The number of hydrogen-bond acceptors (Lipinski definition) is 3. The normalized spacial score (nSPS) is 25.4. The molecule has 2 rings (SSSR count). The summed E-state index contributed by atoms with van der Waals surface area (Å²) in [4.78, 5) is 0. The van der Waals surface area contributed by atoms with Crippen molar-refractivity contribution in [2.75, 3.05) is 25.0 Å². The molecule has 1 aliphatic heterocycles. The molecule has 1 aliphatic rings. The number of benzene rings is 1. The summed E-state index contributed by atoms with van der Waals surface area (Å²) >= 11 is 3.48. The molecular weight excluding hydrogens is 266 g/mol. The number of piperidine rings is 1. The second kappa shape index (κ2) is 5.17. The van der Waals surface area contributed by atoms with Crippen LogP contribution < -0.4 is 16.4 Å². The number of halogens is 1. The second-order valence-electron chi connectivity index (χ2n) is 4.40. The van der Waals surface area contributed by atoms with E-state index in [2.05, 4.69) is 38.7 Å². The van der Waals surface area contributed by atoms with Gasteiger partial charge >= 0.3 is 0 Å². The molecule has 1 fully saturated rings. The Bertz CT molecular complexity index is 348. The molecule has 3 nitrogen and oxygen atoms in total. The van der Waals surface area contributed by atoms with Gasteiger partial charge in [-0.15, -0.1) is 0 Å². The molecule has 4 heteroatoms. The third-order valence-electron chi connectivity index (χ3n) is 3.10. The quantitative estimate of drug-likeness (QED) is 0.795.